The third-order valence-electron chi connectivity index (χ3n) is 6.00. The lowest BCUT2D eigenvalue weighted by Crippen LogP contribution is -2.02. The summed E-state index contributed by atoms with van der Waals surface area (Å²) < 4.78 is 27.3. The number of imidazole rings is 1. The van der Waals surface area contributed by atoms with Gasteiger partial charge in [0.25, 0.3) is 0 Å². The molecule has 2 aromatic carbocycles. The average molecular weight is 474 g/mol. The van der Waals surface area contributed by atoms with E-state index in [1.807, 2.05) is 34.9 Å². The molecule has 1 aliphatic rings. The second-order valence-corrected chi connectivity index (χ2v) is 8.66. The molecule has 0 spiro atoms. The fourth-order valence-corrected chi connectivity index (χ4v) is 4.61. The van der Waals surface area contributed by atoms with E-state index < -0.39 is 0 Å². The van der Waals surface area contributed by atoms with Crippen LogP contribution in [0.5, 0.6) is 5.75 Å². The lowest BCUT2D eigenvalue weighted by Gasteiger charge is -2.13. The summed E-state index contributed by atoms with van der Waals surface area (Å²) in [6.07, 6.45) is 2.53. The molecule has 0 saturated heterocycles. The second-order valence-electron chi connectivity index (χ2n) is 8.22. The molecule has 0 atom stereocenters. The molecule has 0 aliphatic carbocycles. The van der Waals surface area contributed by atoms with E-state index in [4.69, 9.17) is 26.1 Å². The quantitative estimate of drug-likeness (QED) is 0.336. The van der Waals surface area contributed by atoms with E-state index in [1.54, 1.807) is 20.1 Å². The van der Waals surface area contributed by atoms with Gasteiger partial charge in [-0.25, -0.2) is 9.37 Å². The number of hydrogen-bond donors (Lipinski definition) is 0. The Bertz CT molecular complexity index is 1500. The molecule has 7 heteroatoms. The Hall–Kier alpha value is -3.66. The highest BCUT2D eigenvalue weighted by Crippen LogP contribution is 2.39. The van der Waals surface area contributed by atoms with Crippen LogP contribution in [-0.2, 0) is 24.4 Å². The van der Waals surface area contributed by atoms with Gasteiger partial charge in [0.2, 0.25) is 0 Å². The molecule has 1 aliphatic heterocycles. The van der Waals surface area contributed by atoms with Crippen LogP contribution in [-0.4, -0.2) is 16.5 Å². The minimum Gasteiger partial charge on any atom is -0.488 e. The molecular formula is C27H21ClFN3O2. The zero-order chi connectivity index (χ0) is 23.8. The summed E-state index contributed by atoms with van der Waals surface area (Å²) in [4.78, 5) is 4.69. The molecule has 5 nitrogen and oxygen atoms in total. The number of pyridine rings is 1. The standard InChI is InChI=1S/C27H21ClFN3O2/c1-16(13-30)27-21-5-3-17(9-18(21)14-34-25-12-20(29)4-6-22(25)27)10-24-23(15-33-2)31-26-11-19(28)7-8-32(24)26/h3-9,11-12H,10,14-15H2,1-2H3/b27-16+. The van der Waals surface area contributed by atoms with E-state index in [9.17, 15) is 9.65 Å². The molecule has 2 aromatic heterocycles. The maximum absolute atomic E-state index is 13.9. The summed E-state index contributed by atoms with van der Waals surface area (Å²) in [5, 5.41) is 10.3. The van der Waals surface area contributed by atoms with Crippen molar-refractivity contribution >= 4 is 22.8 Å². The van der Waals surface area contributed by atoms with E-state index in [1.165, 1.54) is 12.1 Å². The summed E-state index contributed by atoms with van der Waals surface area (Å²) in [7, 11) is 1.65. The number of halogens is 2. The van der Waals surface area contributed by atoms with Gasteiger partial charge in [-0.1, -0.05) is 29.8 Å². The van der Waals surface area contributed by atoms with Crippen LogP contribution in [0.25, 0.3) is 11.2 Å². The minimum absolute atomic E-state index is 0.273. The number of aromatic nitrogens is 2. The van der Waals surface area contributed by atoms with Gasteiger partial charge in [-0.2, -0.15) is 5.26 Å². The molecule has 0 bridgehead atoms. The van der Waals surface area contributed by atoms with E-state index in [-0.39, 0.29) is 12.4 Å². The molecule has 0 saturated carbocycles. The summed E-state index contributed by atoms with van der Waals surface area (Å²) >= 11 is 6.16. The van der Waals surface area contributed by atoms with Gasteiger partial charge >= 0.3 is 0 Å². The summed E-state index contributed by atoms with van der Waals surface area (Å²) in [5.41, 5.74) is 7.56. The first-order valence-electron chi connectivity index (χ1n) is 10.8. The Morgan fingerprint density at radius 2 is 2.03 bits per heavy atom. The smallest absolute Gasteiger partial charge is 0.138 e. The first-order chi connectivity index (χ1) is 16.5. The lowest BCUT2D eigenvalue weighted by molar-refractivity contribution is 0.181. The Balaban J connectivity index is 1.60. The Labute approximate surface area is 201 Å². The number of hydrogen-bond acceptors (Lipinski definition) is 4. The molecule has 5 rings (SSSR count). The number of methoxy groups -OCH3 is 1. The van der Waals surface area contributed by atoms with Crippen LogP contribution in [0, 0.1) is 17.1 Å². The van der Waals surface area contributed by atoms with Gasteiger partial charge < -0.3 is 13.9 Å². The highest BCUT2D eigenvalue weighted by molar-refractivity contribution is 6.30. The number of nitriles is 1. The normalized spacial score (nSPS) is 14.1. The van der Waals surface area contributed by atoms with Crippen molar-refractivity contribution in [2.45, 2.75) is 26.6 Å². The molecule has 3 heterocycles. The highest BCUT2D eigenvalue weighted by Gasteiger charge is 2.23. The van der Waals surface area contributed by atoms with Crippen molar-refractivity contribution in [3.63, 3.8) is 0 Å². The van der Waals surface area contributed by atoms with E-state index in [2.05, 4.69) is 12.1 Å². The van der Waals surface area contributed by atoms with Gasteiger partial charge in [-0.05, 0) is 41.8 Å². The van der Waals surface area contributed by atoms with Crippen LogP contribution in [0.2, 0.25) is 5.02 Å². The minimum atomic E-state index is -0.377. The number of allylic oxidation sites excluding steroid dienone is 1. The fraction of sp³-hybridized carbons (Fsp3) is 0.185. The molecule has 0 amide bonds. The zero-order valence-corrected chi connectivity index (χ0v) is 19.5. The molecule has 0 fully saturated rings. The van der Waals surface area contributed by atoms with Crippen molar-refractivity contribution in [1.82, 2.24) is 9.38 Å². The number of benzene rings is 2. The fourth-order valence-electron chi connectivity index (χ4n) is 4.46. The van der Waals surface area contributed by atoms with Crippen LogP contribution in [0.3, 0.4) is 0 Å². The van der Waals surface area contributed by atoms with Gasteiger partial charge in [0, 0.05) is 53.6 Å². The van der Waals surface area contributed by atoms with Crippen molar-refractivity contribution in [3.8, 4) is 11.8 Å². The second kappa shape index (κ2) is 8.94. The third kappa shape index (κ3) is 3.94. The Kier molecular flexibility index (Phi) is 5.82. The van der Waals surface area contributed by atoms with Crippen LogP contribution in [0.1, 0.15) is 40.6 Å². The van der Waals surface area contributed by atoms with Crippen molar-refractivity contribution in [3.05, 3.63) is 105 Å². The Morgan fingerprint density at radius 3 is 2.82 bits per heavy atom. The third-order valence-corrected chi connectivity index (χ3v) is 6.24. The van der Waals surface area contributed by atoms with E-state index in [0.29, 0.717) is 34.9 Å². The van der Waals surface area contributed by atoms with Crippen molar-refractivity contribution in [1.29, 1.82) is 5.26 Å². The average Bonchev–Trinajstić information content (AvgIpc) is 3.06. The van der Waals surface area contributed by atoms with Gasteiger partial charge in [0.1, 0.15) is 23.8 Å². The monoisotopic (exact) mass is 473 g/mol. The van der Waals surface area contributed by atoms with Gasteiger partial charge in [0.05, 0.1) is 24.1 Å². The van der Waals surface area contributed by atoms with Crippen molar-refractivity contribution in [2.75, 3.05) is 7.11 Å². The SMILES string of the molecule is COCc1nc2cc(Cl)ccn2c1Cc1ccc2c(c1)COc1cc(F)ccc1/C2=C(\C)C#N. The molecule has 0 radical (unpaired) electrons. The van der Waals surface area contributed by atoms with Crippen molar-refractivity contribution < 1.29 is 13.9 Å². The molecular weight excluding hydrogens is 453 g/mol. The number of nitrogens with zero attached hydrogens (tertiary/aromatic N) is 3. The van der Waals surface area contributed by atoms with Crippen LogP contribution < -0.4 is 4.74 Å². The van der Waals surface area contributed by atoms with Crippen LogP contribution in [0.15, 0.2) is 60.3 Å². The zero-order valence-electron chi connectivity index (χ0n) is 18.7. The maximum Gasteiger partial charge on any atom is 0.138 e. The van der Waals surface area contributed by atoms with E-state index >= 15 is 0 Å². The highest BCUT2D eigenvalue weighted by atomic mass is 35.5. The van der Waals surface area contributed by atoms with Gasteiger partial charge in [0.15, 0.2) is 0 Å². The van der Waals surface area contributed by atoms with Crippen LogP contribution >= 0.6 is 11.6 Å². The number of ether oxygens (including phenoxy) is 2. The molecule has 4 aromatic rings. The molecule has 170 valence electrons. The number of fused-ring (bicyclic) bond motifs is 3. The summed E-state index contributed by atoms with van der Waals surface area (Å²) in [5.74, 6) is 0.0566. The van der Waals surface area contributed by atoms with Gasteiger partial charge in [-0.3, -0.25) is 0 Å². The Morgan fingerprint density at radius 1 is 1.21 bits per heavy atom. The van der Waals surface area contributed by atoms with Crippen molar-refractivity contribution in [2.24, 2.45) is 0 Å². The molecule has 0 N–H and O–H groups in total. The van der Waals surface area contributed by atoms with Crippen LogP contribution in [0.4, 0.5) is 4.39 Å². The predicted molar refractivity (Wildman–Crippen MR) is 128 cm³/mol. The molecule has 34 heavy (non-hydrogen) atoms. The summed E-state index contributed by atoms with van der Waals surface area (Å²) in [6.45, 7) is 2.43. The predicted octanol–water partition coefficient (Wildman–Crippen LogP) is 6.10. The number of rotatable bonds is 4. The lowest BCUT2D eigenvalue weighted by atomic mass is 9.89. The maximum atomic E-state index is 13.9. The van der Waals surface area contributed by atoms with Gasteiger partial charge in [-0.15, -0.1) is 0 Å². The topological polar surface area (TPSA) is 59.6 Å². The van der Waals surface area contributed by atoms with E-state index in [0.717, 1.165) is 39.3 Å². The first kappa shape index (κ1) is 22.1. The molecule has 0 unspecified atom stereocenters. The first-order valence-corrected chi connectivity index (χ1v) is 11.2. The largest absolute Gasteiger partial charge is 0.488 e. The summed E-state index contributed by atoms with van der Waals surface area (Å²) in [6, 6.07) is 16.5.